The van der Waals surface area contributed by atoms with Crippen molar-refractivity contribution in [2.75, 3.05) is 0 Å². The highest BCUT2D eigenvalue weighted by Crippen LogP contribution is 2.35. The van der Waals surface area contributed by atoms with Crippen LogP contribution in [0.3, 0.4) is 0 Å². The Labute approximate surface area is 130 Å². The minimum absolute atomic E-state index is 1.15. The molecule has 0 N–H and O–H groups in total. The van der Waals surface area contributed by atoms with Crippen LogP contribution in [-0.2, 0) is 0 Å². The van der Waals surface area contributed by atoms with Crippen LogP contribution in [-0.4, -0.2) is 0 Å². The second-order valence-electron chi connectivity index (χ2n) is 5.38. The van der Waals surface area contributed by atoms with Crippen LogP contribution in [0.1, 0.15) is 0 Å². The van der Waals surface area contributed by atoms with Crippen molar-refractivity contribution in [1.29, 1.82) is 0 Å². The lowest BCUT2D eigenvalue weighted by Crippen LogP contribution is -1.87. The Morgan fingerprint density at radius 3 is 1.86 bits per heavy atom. The summed E-state index contributed by atoms with van der Waals surface area (Å²) in [6, 6.07) is 35.3. The second-order valence-corrected chi connectivity index (χ2v) is 5.38. The molecule has 0 saturated carbocycles. The van der Waals surface area contributed by atoms with Crippen molar-refractivity contribution in [3.63, 3.8) is 0 Å². The lowest BCUT2D eigenvalue weighted by atomic mass is 9.91. The molecule has 0 nitrogen and oxygen atoms in total. The Bertz CT molecular complexity index is 828. The van der Waals surface area contributed by atoms with Gasteiger partial charge in [0, 0.05) is 0 Å². The van der Waals surface area contributed by atoms with Gasteiger partial charge in [0.05, 0.1) is 0 Å². The van der Waals surface area contributed by atoms with Crippen molar-refractivity contribution in [3.8, 4) is 22.3 Å². The summed E-state index contributed by atoms with van der Waals surface area (Å²) in [5, 5.41) is 2.38. The monoisotopic (exact) mass is 279 g/mol. The number of hydrogen-bond acceptors (Lipinski definition) is 0. The normalized spacial score (nSPS) is 10.7. The number of benzene rings is 4. The molecule has 0 aliphatic rings. The van der Waals surface area contributed by atoms with Crippen molar-refractivity contribution in [2.45, 2.75) is 0 Å². The third-order valence-electron chi connectivity index (χ3n) is 3.94. The summed E-state index contributed by atoms with van der Waals surface area (Å²) in [6.45, 7) is 0. The van der Waals surface area contributed by atoms with E-state index in [1.807, 2.05) is 6.07 Å². The van der Waals surface area contributed by atoms with Crippen molar-refractivity contribution in [3.05, 3.63) is 97.1 Å². The lowest BCUT2D eigenvalue weighted by molar-refractivity contribution is 1.60. The molecule has 0 unspecified atom stereocenters. The van der Waals surface area contributed by atoms with E-state index in [4.69, 9.17) is 0 Å². The topological polar surface area (TPSA) is 0 Å². The summed E-state index contributed by atoms with van der Waals surface area (Å²) in [5.41, 5.74) is 4.81. The number of rotatable bonds is 2. The van der Waals surface area contributed by atoms with E-state index >= 15 is 0 Å². The van der Waals surface area contributed by atoms with E-state index in [-0.39, 0.29) is 0 Å². The van der Waals surface area contributed by atoms with E-state index in [1.54, 1.807) is 0 Å². The molecule has 0 heterocycles. The molecule has 0 aromatic heterocycles. The first-order valence-electron chi connectivity index (χ1n) is 7.48. The first kappa shape index (κ1) is 12.8. The summed E-state index contributed by atoms with van der Waals surface area (Å²) in [6.07, 6.45) is 0. The minimum atomic E-state index is 1.15. The van der Waals surface area contributed by atoms with Crippen LogP contribution in [0.25, 0.3) is 33.0 Å². The Balaban J connectivity index is 2.04. The molecule has 4 aromatic rings. The van der Waals surface area contributed by atoms with Gasteiger partial charge in [0.25, 0.3) is 0 Å². The molecule has 0 aliphatic carbocycles. The van der Waals surface area contributed by atoms with Crippen LogP contribution >= 0.6 is 0 Å². The van der Waals surface area contributed by atoms with Gasteiger partial charge in [-0.2, -0.15) is 0 Å². The Kier molecular flexibility index (Phi) is 3.21. The Morgan fingerprint density at radius 1 is 0.545 bits per heavy atom. The van der Waals surface area contributed by atoms with Gasteiger partial charge < -0.3 is 0 Å². The number of fused-ring (bicyclic) bond motifs is 1. The molecule has 0 spiro atoms. The van der Waals surface area contributed by atoms with Crippen LogP contribution in [0.15, 0.2) is 91.0 Å². The van der Waals surface area contributed by atoms with Gasteiger partial charge in [-0.05, 0) is 45.2 Å². The van der Waals surface area contributed by atoms with Gasteiger partial charge >= 0.3 is 0 Å². The largest absolute Gasteiger partial charge is 0.0622 e. The molecule has 0 fully saturated rings. The maximum absolute atomic E-state index is 3.61. The molecule has 0 saturated heterocycles. The molecule has 103 valence electrons. The summed E-state index contributed by atoms with van der Waals surface area (Å²) in [4.78, 5) is 0. The molecule has 0 heteroatoms. The van der Waals surface area contributed by atoms with Gasteiger partial charge in [-0.3, -0.25) is 0 Å². The van der Waals surface area contributed by atoms with E-state index in [2.05, 4.69) is 91.0 Å². The Hall–Kier alpha value is -2.86. The molecule has 0 bridgehead atoms. The molecule has 22 heavy (non-hydrogen) atoms. The lowest BCUT2D eigenvalue weighted by Gasteiger charge is -2.12. The zero-order valence-electron chi connectivity index (χ0n) is 12.2. The third-order valence-corrected chi connectivity index (χ3v) is 3.94. The van der Waals surface area contributed by atoms with Gasteiger partial charge in [-0.1, -0.05) is 84.9 Å². The average Bonchev–Trinajstić information content (AvgIpc) is 2.62. The molecule has 4 rings (SSSR count). The van der Waals surface area contributed by atoms with Gasteiger partial charge in [0.2, 0.25) is 0 Å². The van der Waals surface area contributed by atoms with Gasteiger partial charge in [-0.25, -0.2) is 0 Å². The first-order valence-corrected chi connectivity index (χ1v) is 7.48. The van der Waals surface area contributed by atoms with Crippen molar-refractivity contribution in [2.24, 2.45) is 0 Å². The zero-order chi connectivity index (χ0) is 14.8. The smallest absolute Gasteiger partial charge is 0.000786 e. The fraction of sp³-hybridized carbons (Fsp3) is 0. The molecular formula is C22H15. The molecule has 4 aromatic carbocycles. The van der Waals surface area contributed by atoms with Crippen LogP contribution in [0.2, 0.25) is 0 Å². The number of hydrogen-bond donors (Lipinski definition) is 0. The summed E-state index contributed by atoms with van der Waals surface area (Å²) in [5.74, 6) is 0. The van der Waals surface area contributed by atoms with Gasteiger partial charge in [0.1, 0.15) is 0 Å². The third kappa shape index (κ3) is 2.29. The fourth-order valence-corrected chi connectivity index (χ4v) is 2.84. The van der Waals surface area contributed by atoms with Crippen LogP contribution in [0, 0.1) is 6.07 Å². The quantitative estimate of drug-likeness (QED) is 0.424. The minimum Gasteiger partial charge on any atom is -0.0622 e. The van der Waals surface area contributed by atoms with E-state index in [1.165, 1.54) is 22.1 Å². The van der Waals surface area contributed by atoms with E-state index in [9.17, 15) is 0 Å². The van der Waals surface area contributed by atoms with Gasteiger partial charge in [-0.15, -0.1) is 0 Å². The van der Waals surface area contributed by atoms with Crippen molar-refractivity contribution < 1.29 is 0 Å². The van der Waals surface area contributed by atoms with E-state index in [0.29, 0.717) is 0 Å². The maximum Gasteiger partial charge on any atom is -0.000786 e. The summed E-state index contributed by atoms with van der Waals surface area (Å²) < 4.78 is 0. The molecule has 0 aliphatic heterocycles. The van der Waals surface area contributed by atoms with E-state index < -0.39 is 0 Å². The van der Waals surface area contributed by atoms with Crippen LogP contribution < -0.4 is 0 Å². The van der Waals surface area contributed by atoms with Crippen LogP contribution in [0.5, 0.6) is 0 Å². The Morgan fingerprint density at radius 2 is 1.14 bits per heavy atom. The highest BCUT2D eigenvalue weighted by molar-refractivity contribution is 5.95. The fourth-order valence-electron chi connectivity index (χ4n) is 2.84. The zero-order valence-corrected chi connectivity index (χ0v) is 12.2. The predicted molar refractivity (Wildman–Crippen MR) is 93.7 cm³/mol. The average molecular weight is 279 g/mol. The SMILES string of the molecule is [c]1c(-c2ccccc2)c(-c2ccccc2)cc2ccccc12. The second kappa shape index (κ2) is 5.50. The van der Waals surface area contributed by atoms with Gasteiger partial charge in [0.15, 0.2) is 0 Å². The molecule has 0 atom stereocenters. The van der Waals surface area contributed by atoms with Crippen molar-refractivity contribution >= 4 is 10.8 Å². The summed E-state index contributed by atoms with van der Waals surface area (Å²) in [7, 11) is 0. The highest BCUT2D eigenvalue weighted by atomic mass is 14.1. The highest BCUT2D eigenvalue weighted by Gasteiger charge is 2.09. The molecule has 0 amide bonds. The first-order chi connectivity index (χ1) is 10.9. The molecule has 1 radical (unpaired) electrons. The maximum atomic E-state index is 3.61. The van der Waals surface area contributed by atoms with Crippen molar-refractivity contribution in [1.82, 2.24) is 0 Å². The summed E-state index contributed by atoms with van der Waals surface area (Å²) >= 11 is 0. The van der Waals surface area contributed by atoms with E-state index in [0.717, 1.165) is 10.9 Å². The predicted octanol–water partition coefficient (Wildman–Crippen LogP) is 5.97. The van der Waals surface area contributed by atoms with Crippen LogP contribution in [0.4, 0.5) is 0 Å². The molecular weight excluding hydrogens is 264 g/mol. The standard InChI is InChI=1S/C22H15/c1-3-9-17(10-4-1)21-15-19-13-7-8-14-20(19)16-22(21)18-11-5-2-6-12-18/h1-15H.